The molecule has 1 aliphatic rings. The second-order valence-electron chi connectivity index (χ2n) is 5.35. The van der Waals surface area contributed by atoms with Gasteiger partial charge in [0.05, 0.1) is 21.4 Å². The lowest BCUT2D eigenvalue weighted by atomic mass is 10.1. The minimum absolute atomic E-state index is 0.0286. The van der Waals surface area contributed by atoms with E-state index in [-0.39, 0.29) is 17.4 Å². The van der Waals surface area contributed by atoms with Crippen LogP contribution in [0.2, 0.25) is 0 Å². The topological polar surface area (TPSA) is 54.5 Å². The fraction of sp³-hybridized carbons (Fsp3) is 0.467. The summed E-state index contributed by atoms with van der Waals surface area (Å²) in [6.45, 7) is 6.43. The van der Waals surface area contributed by atoms with Crippen molar-refractivity contribution in [1.29, 1.82) is 0 Å². The van der Waals surface area contributed by atoms with Crippen molar-refractivity contribution in [2.75, 3.05) is 17.2 Å². The van der Waals surface area contributed by atoms with E-state index in [0.717, 1.165) is 0 Å². The molecule has 5 heteroatoms. The van der Waals surface area contributed by atoms with Gasteiger partial charge < -0.3 is 4.90 Å². The standard InChI is InChI=1S/C15H19NO3S/c1-4-13(17)11-5-6-14-12(7-11)16(8-10(2)3)15(18)9-20(14)19/h5-7,10H,4,8-9H2,1-3H3. The third-order valence-electron chi connectivity index (χ3n) is 3.24. The molecule has 1 aliphatic heterocycles. The van der Waals surface area contributed by atoms with Crippen molar-refractivity contribution < 1.29 is 13.8 Å². The summed E-state index contributed by atoms with van der Waals surface area (Å²) >= 11 is 0. The van der Waals surface area contributed by atoms with Gasteiger partial charge in [0.2, 0.25) is 5.91 Å². The molecule has 0 aromatic heterocycles. The summed E-state index contributed by atoms with van der Waals surface area (Å²) in [7, 11) is -1.31. The van der Waals surface area contributed by atoms with Crippen LogP contribution in [0.1, 0.15) is 37.6 Å². The predicted octanol–water partition coefficient (Wildman–Crippen LogP) is 2.39. The van der Waals surface area contributed by atoms with Gasteiger partial charge in [0, 0.05) is 18.5 Å². The number of fused-ring (bicyclic) bond motifs is 1. The van der Waals surface area contributed by atoms with Crippen LogP contribution in [-0.4, -0.2) is 28.2 Å². The summed E-state index contributed by atoms with van der Waals surface area (Å²) in [5.41, 5.74) is 1.21. The quantitative estimate of drug-likeness (QED) is 0.801. The number of carbonyl (C=O) groups excluding carboxylic acids is 2. The Morgan fingerprint density at radius 1 is 1.40 bits per heavy atom. The molecular formula is C15H19NO3S. The van der Waals surface area contributed by atoms with E-state index >= 15 is 0 Å². The number of Topliss-reactive ketones (excluding diaryl/α,β-unsaturated/α-hetero) is 1. The van der Waals surface area contributed by atoms with E-state index < -0.39 is 10.8 Å². The van der Waals surface area contributed by atoms with Crippen molar-refractivity contribution in [2.24, 2.45) is 5.92 Å². The molecule has 0 saturated heterocycles. The number of hydrogen-bond donors (Lipinski definition) is 0. The summed E-state index contributed by atoms with van der Waals surface area (Å²) in [6.07, 6.45) is 0.417. The number of nitrogens with zero attached hydrogens (tertiary/aromatic N) is 1. The maximum Gasteiger partial charge on any atom is 0.240 e. The summed E-state index contributed by atoms with van der Waals surface area (Å²) in [4.78, 5) is 26.2. The van der Waals surface area contributed by atoms with Crippen LogP contribution in [0.4, 0.5) is 5.69 Å². The Morgan fingerprint density at radius 3 is 2.70 bits per heavy atom. The first kappa shape index (κ1) is 14.9. The Balaban J connectivity index is 2.50. The van der Waals surface area contributed by atoms with Crippen LogP contribution in [0.3, 0.4) is 0 Å². The van der Waals surface area contributed by atoms with Crippen LogP contribution in [0.25, 0.3) is 0 Å². The van der Waals surface area contributed by atoms with Crippen molar-refractivity contribution in [1.82, 2.24) is 0 Å². The number of benzene rings is 1. The van der Waals surface area contributed by atoms with Crippen LogP contribution >= 0.6 is 0 Å². The monoisotopic (exact) mass is 293 g/mol. The van der Waals surface area contributed by atoms with Crippen LogP contribution in [0, 0.1) is 5.92 Å². The first-order valence-corrected chi connectivity index (χ1v) is 8.12. The van der Waals surface area contributed by atoms with Crippen molar-refractivity contribution in [3.8, 4) is 0 Å². The van der Waals surface area contributed by atoms with Gasteiger partial charge in [0.15, 0.2) is 5.78 Å². The van der Waals surface area contributed by atoms with Gasteiger partial charge >= 0.3 is 0 Å². The van der Waals surface area contributed by atoms with E-state index in [0.29, 0.717) is 35.0 Å². The Kier molecular flexibility index (Phi) is 4.38. The molecule has 4 nitrogen and oxygen atoms in total. The SMILES string of the molecule is CCC(=O)c1ccc2c(c1)N(CC(C)C)C(=O)CS2=O. The average molecular weight is 293 g/mol. The van der Waals surface area contributed by atoms with E-state index in [1.165, 1.54) is 0 Å². The first-order valence-electron chi connectivity index (χ1n) is 6.80. The smallest absolute Gasteiger partial charge is 0.240 e. The Morgan fingerprint density at radius 2 is 2.10 bits per heavy atom. The molecule has 2 rings (SSSR count). The molecule has 108 valence electrons. The van der Waals surface area contributed by atoms with Gasteiger partial charge in [-0.15, -0.1) is 0 Å². The van der Waals surface area contributed by atoms with Gasteiger partial charge in [-0.3, -0.25) is 13.8 Å². The molecular weight excluding hydrogens is 274 g/mol. The van der Waals surface area contributed by atoms with E-state index in [2.05, 4.69) is 0 Å². The minimum atomic E-state index is -1.31. The Hall–Kier alpha value is -1.49. The van der Waals surface area contributed by atoms with Gasteiger partial charge in [-0.25, -0.2) is 0 Å². The predicted molar refractivity (Wildman–Crippen MR) is 79.5 cm³/mol. The van der Waals surface area contributed by atoms with E-state index in [1.807, 2.05) is 13.8 Å². The highest BCUT2D eigenvalue weighted by Gasteiger charge is 2.30. The van der Waals surface area contributed by atoms with E-state index in [9.17, 15) is 13.8 Å². The highest BCUT2D eigenvalue weighted by Crippen LogP contribution is 2.31. The maximum atomic E-state index is 12.1. The van der Waals surface area contributed by atoms with E-state index in [1.54, 1.807) is 30.0 Å². The van der Waals surface area contributed by atoms with Crippen LogP contribution in [0.5, 0.6) is 0 Å². The van der Waals surface area contributed by atoms with E-state index in [4.69, 9.17) is 0 Å². The lowest BCUT2D eigenvalue weighted by molar-refractivity contribution is -0.116. The molecule has 0 saturated carbocycles. The molecule has 0 spiro atoms. The molecule has 1 aromatic carbocycles. The normalized spacial score (nSPS) is 18.3. The number of amides is 1. The number of ketones is 1. The summed E-state index contributed by atoms with van der Waals surface area (Å²) in [5, 5.41) is 0. The molecule has 20 heavy (non-hydrogen) atoms. The zero-order valence-corrected chi connectivity index (χ0v) is 12.8. The molecule has 1 atom stereocenters. The van der Waals surface area contributed by atoms with Crippen molar-refractivity contribution >= 4 is 28.2 Å². The van der Waals surface area contributed by atoms with Crippen LogP contribution in [0.15, 0.2) is 23.1 Å². The number of rotatable bonds is 4. The van der Waals surface area contributed by atoms with Gasteiger partial charge in [-0.1, -0.05) is 26.8 Å². The highest BCUT2D eigenvalue weighted by atomic mass is 32.2. The molecule has 1 aromatic rings. The number of anilines is 1. The summed E-state index contributed by atoms with van der Waals surface area (Å²) < 4.78 is 12.1. The van der Waals surface area contributed by atoms with Crippen LogP contribution in [-0.2, 0) is 15.6 Å². The van der Waals surface area contributed by atoms with Crippen molar-refractivity contribution in [3.05, 3.63) is 23.8 Å². The third kappa shape index (κ3) is 2.82. The Labute approximate surface area is 121 Å². The maximum absolute atomic E-state index is 12.1. The number of hydrogen-bond acceptors (Lipinski definition) is 3. The average Bonchev–Trinajstić information content (AvgIpc) is 2.41. The minimum Gasteiger partial charge on any atom is -0.310 e. The number of carbonyl (C=O) groups is 2. The molecule has 1 heterocycles. The van der Waals surface area contributed by atoms with Gasteiger partial charge in [-0.2, -0.15) is 0 Å². The molecule has 0 aliphatic carbocycles. The van der Waals surface area contributed by atoms with Crippen molar-refractivity contribution in [3.63, 3.8) is 0 Å². The van der Waals surface area contributed by atoms with Gasteiger partial charge in [0.1, 0.15) is 5.75 Å². The summed E-state index contributed by atoms with van der Waals surface area (Å²) in [6, 6.07) is 5.12. The second kappa shape index (κ2) is 5.87. The zero-order valence-electron chi connectivity index (χ0n) is 12.0. The lowest BCUT2D eigenvalue weighted by Crippen LogP contribution is -2.41. The van der Waals surface area contributed by atoms with Crippen LogP contribution < -0.4 is 4.90 Å². The van der Waals surface area contributed by atoms with Gasteiger partial charge in [-0.05, 0) is 18.1 Å². The molecule has 0 N–H and O–H groups in total. The zero-order chi connectivity index (χ0) is 14.9. The lowest BCUT2D eigenvalue weighted by Gasteiger charge is -2.30. The molecule has 0 radical (unpaired) electrons. The third-order valence-corrected chi connectivity index (χ3v) is 4.59. The Bertz CT molecular complexity index is 580. The van der Waals surface area contributed by atoms with Gasteiger partial charge in [0.25, 0.3) is 0 Å². The molecule has 1 unspecified atom stereocenters. The second-order valence-corrected chi connectivity index (χ2v) is 6.77. The molecule has 1 amide bonds. The largest absolute Gasteiger partial charge is 0.310 e. The fourth-order valence-electron chi connectivity index (χ4n) is 2.27. The van der Waals surface area contributed by atoms with Crippen molar-refractivity contribution in [2.45, 2.75) is 32.1 Å². The summed E-state index contributed by atoms with van der Waals surface area (Å²) in [5.74, 6) is 0.233. The molecule has 0 fully saturated rings. The molecule has 0 bridgehead atoms. The fourth-order valence-corrected chi connectivity index (χ4v) is 3.42. The first-order chi connectivity index (χ1) is 9.43. The highest BCUT2D eigenvalue weighted by molar-refractivity contribution is 7.86.